The number of hydrogen-bond acceptors (Lipinski definition) is 5. The van der Waals surface area contributed by atoms with Crippen molar-refractivity contribution in [2.45, 2.75) is 6.18 Å². The van der Waals surface area contributed by atoms with E-state index >= 15 is 0 Å². The molecule has 0 fully saturated rings. The van der Waals surface area contributed by atoms with Crippen LogP contribution in [-0.2, 0) is 6.18 Å². The highest BCUT2D eigenvalue weighted by Crippen LogP contribution is 2.27. The van der Waals surface area contributed by atoms with E-state index in [2.05, 4.69) is 20.2 Å². The third-order valence-electron chi connectivity index (χ3n) is 2.09. The first kappa shape index (κ1) is 12.8. The van der Waals surface area contributed by atoms with Gasteiger partial charge in [0.25, 0.3) is 0 Å². The lowest BCUT2D eigenvalue weighted by atomic mass is 10.3. The molecule has 0 saturated heterocycles. The van der Waals surface area contributed by atoms with E-state index in [9.17, 15) is 13.2 Å². The van der Waals surface area contributed by atoms with Gasteiger partial charge in [0.1, 0.15) is 12.0 Å². The Morgan fingerprint density at radius 3 is 2.74 bits per heavy atom. The van der Waals surface area contributed by atoms with E-state index in [-0.39, 0.29) is 17.5 Å². The van der Waals surface area contributed by atoms with Crippen molar-refractivity contribution < 1.29 is 18.4 Å². The molecule has 2 rings (SSSR count). The van der Waals surface area contributed by atoms with Gasteiger partial charge in [-0.05, 0) is 12.1 Å². The topological polar surface area (TPSA) is 102 Å². The van der Waals surface area contributed by atoms with Gasteiger partial charge in [0, 0.05) is 0 Å². The van der Waals surface area contributed by atoms with Crippen molar-refractivity contribution in [3.8, 4) is 5.82 Å². The summed E-state index contributed by atoms with van der Waals surface area (Å²) in [5.74, 6) is -0.563. The Morgan fingerprint density at radius 2 is 2.11 bits per heavy atom. The number of rotatable bonds is 2. The second kappa shape index (κ2) is 4.55. The predicted octanol–water partition coefficient (Wildman–Crippen LogP) is 0.776. The molecule has 0 aliphatic heterocycles. The van der Waals surface area contributed by atoms with Crippen molar-refractivity contribution in [2.24, 2.45) is 10.9 Å². The van der Waals surface area contributed by atoms with Gasteiger partial charge in [-0.2, -0.15) is 13.2 Å². The zero-order chi connectivity index (χ0) is 14.0. The van der Waals surface area contributed by atoms with Crippen molar-refractivity contribution in [1.29, 1.82) is 0 Å². The van der Waals surface area contributed by atoms with Crippen molar-refractivity contribution in [2.75, 3.05) is 0 Å². The summed E-state index contributed by atoms with van der Waals surface area (Å²) in [4.78, 5) is 7.08. The molecule has 19 heavy (non-hydrogen) atoms. The Balaban J connectivity index is 2.40. The number of hydrogen-bond donors (Lipinski definition) is 2. The van der Waals surface area contributed by atoms with Crippen LogP contribution >= 0.6 is 0 Å². The summed E-state index contributed by atoms with van der Waals surface area (Å²) in [6.45, 7) is 0. The van der Waals surface area contributed by atoms with Gasteiger partial charge in [-0.1, -0.05) is 11.2 Å². The summed E-state index contributed by atoms with van der Waals surface area (Å²) in [6.07, 6.45) is -3.44. The Hall–Kier alpha value is -2.65. The predicted molar refractivity (Wildman–Crippen MR) is 56.7 cm³/mol. The van der Waals surface area contributed by atoms with Crippen LogP contribution in [0, 0.1) is 0 Å². The van der Waals surface area contributed by atoms with E-state index in [1.165, 1.54) is 12.1 Å². The van der Waals surface area contributed by atoms with Gasteiger partial charge in [0.2, 0.25) is 11.7 Å². The van der Waals surface area contributed by atoms with E-state index in [1.54, 1.807) is 0 Å². The van der Waals surface area contributed by atoms with E-state index in [4.69, 9.17) is 10.9 Å². The first-order valence-electron chi connectivity index (χ1n) is 4.86. The highest BCUT2D eigenvalue weighted by molar-refractivity contribution is 5.93. The second-order valence-corrected chi connectivity index (χ2v) is 3.38. The fourth-order valence-electron chi connectivity index (χ4n) is 1.24. The van der Waals surface area contributed by atoms with Crippen molar-refractivity contribution in [3.63, 3.8) is 0 Å². The molecule has 7 nitrogen and oxygen atoms in total. The van der Waals surface area contributed by atoms with Crippen LogP contribution in [0.3, 0.4) is 0 Å². The highest BCUT2D eigenvalue weighted by Gasteiger charge is 2.32. The number of aromatic nitrogens is 4. The van der Waals surface area contributed by atoms with Crippen molar-refractivity contribution in [3.05, 3.63) is 36.0 Å². The number of pyridine rings is 1. The quantitative estimate of drug-likeness (QED) is 0.364. The number of alkyl halides is 3. The van der Waals surface area contributed by atoms with Crippen LogP contribution < -0.4 is 5.73 Å². The average Bonchev–Trinajstić information content (AvgIpc) is 2.86. The summed E-state index contributed by atoms with van der Waals surface area (Å²) >= 11 is 0. The van der Waals surface area contributed by atoms with Crippen LogP contribution in [0.1, 0.15) is 11.5 Å². The van der Waals surface area contributed by atoms with Crippen LogP contribution in [0.4, 0.5) is 13.2 Å². The number of amidine groups is 1. The molecule has 100 valence electrons. The first-order valence-corrected chi connectivity index (χ1v) is 4.86. The molecule has 2 aromatic rings. The molecule has 0 amide bonds. The third kappa shape index (κ3) is 2.61. The lowest BCUT2D eigenvalue weighted by molar-refractivity contribution is -0.141. The molecule has 0 aliphatic carbocycles. The van der Waals surface area contributed by atoms with Gasteiger partial charge >= 0.3 is 6.18 Å². The molecule has 0 aliphatic rings. The summed E-state index contributed by atoms with van der Waals surface area (Å²) < 4.78 is 38.5. The van der Waals surface area contributed by atoms with Crippen LogP contribution in [0.5, 0.6) is 0 Å². The molecule has 0 aromatic carbocycles. The minimum atomic E-state index is -4.55. The lowest BCUT2D eigenvalue weighted by Crippen LogP contribution is -2.16. The van der Waals surface area contributed by atoms with Gasteiger partial charge in [0.15, 0.2) is 5.82 Å². The van der Waals surface area contributed by atoms with Crippen LogP contribution in [-0.4, -0.2) is 30.8 Å². The summed E-state index contributed by atoms with van der Waals surface area (Å²) in [7, 11) is 0. The van der Waals surface area contributed by atoms with Gasteiger partial charge < -0.3 is 10.9 Å². The zero-order valence-corrected chi connectivity index (χ0v) is 9.20. The fraction of sp³-hybridized carbons (Fsp3) is 0.111. The molecular formula is C9H7F3N6O. The smallest absolute Gasteiger partial charge is 0.409 e. The first-order chi connectivity index (χ1) is 8.91. The van der Waals surface area contributed by atoms with Crippen molar-refractivity contribution >= 4 is 5.84 Å². The van der Waals surface area contributed by atoms with Crippen LogP contribution in [0.25, 0.3) is 5.82 Å². The Morgan fingerprint density at radius 1 is 1.37 bits per heavy atom. The largest absolute Gasteiger partial charge is 0.433 e. The molecule has 0 saturated carbocycles. The number of halogens is 3. The minimum absolute atomic E-state index is 0.0840. The Bertz CT molecular complexity index is 620. The number of nitrogens with two attached hydrogens (primary N) is 1. The summed E-state index contributed by atoms with van der Waals surface area (Å²) in [6, 6.07) is 3.35. The molecule has 0 spiro atoms. The molecule has 2 heterocycles. The van der Waals surface area contributed by atoms with Crippen LogP contribution in [0.15, 0.2) is 29.7 Å². The second-order valence-electron chi connectivity index (χ2n) is 3.38. The molecule has 0 bridgehead atoms. The molecule has 10 heteroatoms. The molecular weight excluding hydrogens is 265 g/mol. The molecule has 0 atom stereocenters. The maximum atomic E-state index is 12.5. The lowest BCUT2D eigenvalue weighted by Gasteiger charge is -2.06. The zero-order valence-electron chi connectivity index (χ0n) is 9.20. The standard InChI is InChI=1S/C9H7F3N6O/c10-9(11,12)5-2-1-3-6(15-5)18-4-14-8(16-18)7(13)17-19/h1-4,19H,(H2,13,17). The van der Waals surface area contributed by atoms with E-state index in [0.717, 1.165) is 17.1 Å². The summed E-state index contributed by atoms with van der Waals surface area (Å²) in [5.41, 5.74) is 4.20. The third-order valence-corrected chi connectivity index (χ3v) is 2.09. The molecule has 3 N–H and O–H groups in total. The van der Waals surface area contributed by atoms with Gasteiger partial charge in [-0.25, -0.2) is 14.6 Å². The minimum Gasteiger partial charge on any atom is -0.409 e. The normalized spacial score (nSPS) is 12.7. The van der Waals surface area contributed by atoms with Crippen molar-refractivity contribution in [1.82, 2.24) is 19.7 Å². The van der Waals surface area contributed by atoms with E-state index < -0.39 is 11.9 Å². The summed E-state index contributed by atoms with van der Waals surface area (Å²) in [5, 5.41) is 14.8. The van der Waals surface area contributed by atoms with Gasteiger partial charge in [-0.3, -0.25) is 0 Å². The SMILES string of the molecule is NC(=NO)c1ncn(-c2cccc(C(F)(F)F)n2)n1. The number of nitrogens with zero attached hydrogens (tertiary/aromatic N) is 5. The molecule has 0 radical (unpaired) electrons. The van der Waals surface area contributed by atoms with E-state index in [1.807, 2.05) is 0 Å². The Labute approximate surface area is 104 Å². The van der Waals surface area contributed by atoms with Crippen LogP contribution in [0.2, 0.25) is 0 Å². The fourth-order valence-corrected chi connectivity index (χ4v) is 1.24. The van der Waals surface area contributed by atoms with E-state index in [0.29, 0.717) is 0 Å². The monoisotopic (exact) mass is 272 g/mol. The Kier molecular flexibility index (Phi) is 3.07. The van der Waals surface area contributed by atoms with Gasteiger partial charge in [0.05, 0.1) is 0 Å². The molecule has 0 unspecified atom stereocenters. The molecule has 2 aromatic heterocycles. The number of oxime groups is 1. The maximum Gasteiger partial charge on any atom is 0.433 e. The highest BCUT2D eigenvalue weighted by atomic mass is 19.4. The van der Waals surface area contributed by atoms with Gasteiger partial charge in [-0.15, -0.1) is 5.10 Å². The average molecular weight is 272 g/mol. The maximum absolute atomic E-state index is 12.5.